The van der Waals surface area contributed by atoms with Crippen molar-refractivity contribution in [2.75, 3.05) is 0 Å². The fourth-order valence-corrected chi connectivity index (χ4v) is 1.47. The lowest BCUT2D eigenvalue weighted by Gasteiger charge is -1.97. The molecule has 0 aliphatic carbocycles. The van der Waals surface area contributed by atoms with Crippen LogP contribution in [-0.2, 0) is 13.0 Å². The first-order valence-electron chi connectivity index (χ1n) is 5.29. The fraction of sp³-hybridized carbons (Fsp3) is 0.400. The molecule has 0 amide bonds. The van der Waals surface area contributed by atoms with Crippen LogP contribution in [0.5, 0.6) is 0 Å². The van der Waals surface area contributed by atoms with E-state index < -0.39 is 5.97 Å². The molecule has 0 fully saturated rings. The van der Waals surface area contributed by atoms with E-state index in [2.05, 4.69) is 15.2 Å². The molecule has 90 valence electrons. The summed E-state index contributed by atoms with van der Waals surface area (Å²) in [6.07, 6.45) is 0.792. The van der Waals surface area contributed by atoms with Crippen molar-refractivity contribution in [1.82, 2.24) is 19.9 Å². The summed E-state index contributed by atoms with van der Waals surface area (Å²) in [7, 11) is 0. The van der Waals surface area contributed by atoms with E-state index in [9.17, 15) is 4.79 Å². The van der Waals surface area contributed by atoms with Gasteiger partial charge in [-0.05, 0) is 24.6 Å². The van der Waals surface area contributed by atoms with E-state index in [1.807, 2.05) is 19.9 Å². The Bertz CT molecular complexity index is 543. The molecule has 0 aliphatic heterocycles. The van der Waals surface area contributed by atoms with E-state index in [0.29, 0.717) is 12.2 Å². The Morgan fingerprint density at radius 1 is 1.53 bits per heavy atom. The van der Waals surface area contributed by atoms with Crippen LogP contribution in [0.2, 0.25) is 0 Å². The molecule has 0 atom stereocenters. The summed E-state index contributed by atoms with van der Waals surface area (Å²) in [5.74, 6) is -1.38. The van der Waals surface area contributed by atoms with E-state index in [0.717, 1.165) is 12.1 Å². The maximum Gasteiger partial charge on any atom is 0.377 e. The third-order valence-corrected chi connectivity index (χ3v) is 2.33. The third-order valence-electron chi connectivity index (χ3n) is 2.33. The molecule has 0 aromatic carbocycles. The molecular weight excluding hydrogens is 224 g/mol. The van der Waals surface area contributed by atoms with Crippen LogP contribution in [0.4, 0.5) is 0 Å². The van der Waals surface area contributed by atoms with Crippen molar-refractivity contribution in [3.63, 3.8) is 0 Å². The zero-order valence-electron chi connectivity index (χ0n) is 9.54. The number of aromatic carboxylic acids is 1. The SMILES string of the molecule is CCc1cc(-c2nc(C(=O)O)no2)n(CC)n1. The van der Waals surface area contributed by atoms with Crippen LogP contribution in [0.1, 0.15) is 30.2 Å². The molecule has 7 nitrogen and oxygen atoms in total. The van der Waals surface area contributed by atoms with Gasteiger partial charge in [-0.1, -0.05) is 6.92 Å². The first-order chi connectivity index (χ1) is 8.15. The van der Waals surface area contributed by atoms with Gasteiger partial charge in [0.15, 0.2) is 0 Å². The quantitative estimate of drug-likeness (QED) is 0.857. The lowest BCUT2D eigenvalue weighted by Crippen LogP contribution is -2.01. The second-order valence-corrected chi connectivity index (χ2v) is 3.42. The summed E-state index contributed by atoms with van der Waals surface area (Å²) in [5.41, 5.74) is 1.54. The maximum absolute atomic E-state index is 10.7. The second-order valence-electron chi connectivity index (χ2n) is 3.42. The zero-order valence-corrected chi connectivity index (χ0v) is 9.54. The summed E-state index contributed by atoms with van der Waals surface area (Å²) in [6.45, 7) is 4.58. The monoisotopic (exact) mass is 236 g/mol. The number of rotatable bonds is 4. The number of carboxylic acids is 1. The molecule has 0 spiro atoms. The van der Waals surface area contributed by atoms with Gasteiger partial charge in [0.25, 0.3) is 11.7 Å². The van der Waals surface area contributed by atoms with Gasteiger partial charge in [-0.3, -0.25) is 4.68 Å². The Balaban J connectivity index is 2.43. The highest BCUT2D eigenvalue weighted by Gasteiger charge is 2.18. The first-order valence-corrected chi connectivity index (χ1v) is 5.29. The number of hydrogen-bond acceptors (Lipinski definition) is 5. The van der Waals surface area contributed by atoms with Gasteiger partial charge in [-0.15, -0.1) is 0 Å². The van der Waals surface area contributed by atoms with Gasteiger partial charge in [0.1, 0.15) is 5.69 Å². The molecule has 17 heavy (non-hydrogen) atoms. The largest absolute Gasteiger partial charge is 0.475 e. The molecule has 0 saturated heterocycles. The summed E-state index contributed by atoms with van der Waals surface area (Å²) in [6, 6.07) is 1.82. The number of nitrogens with zero attached hydrogens (tertiary/aromatic N) is 4. The number of carboxylic acid groups (broad SMARTS) is 1. The van der Waals surface area contributed by atoms with Crippen molar-refractivity contribution in [2.45, 2.75) is 26.8 Å². The maximum atomic E-state index is 10.7. The molecule has 1 N–H and O–H groups in total. The molecule has 2 aromatic rings. The van der Waals surface area contributed by atoms with Crippen LogP contribution >= 0.6 is 0 Å². The Morgan fingerprint density at radius 2 is 2.29 bits per heavy atom. The smallest absolute Gasteiger partial charge is 0.377 e. The minimum absolute atomic E-state index is 0.177. The Morgan fingerprint density at radius 3 is 2.82 bits per heavy atom. The molecule has 0 saturated carbocycles. The van der Waals surface area contributed by atoms with E-state index in [1.165, 1.54) is 0 Å². The first kappa shape index (κ1) is 11.3. The highest BCUT2D eigenvalue weighted by atomic mass is 16.5. The summed E-state index contributed by atoms with van der Waals surface area (Å²) in [5, 5.41) is 16.4. The lowest BCUT2D eigenvalue weighted by molar-refractivity contribution is 0.0680. The van der Waals surface area contributed by atoms with Crippen molar-refractivity contribution in [3.8, 4) is 11.6 Å². The zero-order chi connectivity index (χ0) is 12.4. The van der Waals surface area contributed by atoms with Crippen LogP contribution in [0.25, 0.3) is 11.6 Å². The van der Waals surface area contributed by atoms with Crippen molar-refractivity contribution in [1.29, 1.82) is 0 Å². The average molecular weight is 236 g/mol. The van der Waals surface area contributed by atoms with E-state index in [-0.39, 0.29) is 11.7 Å². The van der Waals surface area contributed by atoms with E-state index in [1.54, 1.807) is 4.68 Å². The van der Waals surface area contributed by atoms with Crippen molar-refractivity contribution in [3.05, 3.63) is 17.6 Å². The van der Waals surface area contributed by atoms with Crippen LogP contribution in [0.15, 0.2) is 10.6 Å². The van der Waals surface area contributed by atoms with Gasteiger partial charge in [0, 0.05) is 6.54 Å². The molecule has 2 heterocycles. The fourth-order valence-electron chi connectivity index (χ4n) is 1.47. The van der Waals surface area contributed by atoms with Gasteiger partial charge in [-0.2, -0.15) is 10.1 Å². The summed E-state index contributed by atoms with van der Waals surface area (Å²) < 4.78 is 6.62. The number of aromatic nitrogens is 4. The molecular formula is C10H12N4O3. The van der Waals surface area contributed by atoms with Gasteiger partial charge in [0.2, 0.25) is 0 Å². The van der Waals surface area contributed by atoms with Crippen molar-refractivity contribution >= 4 is 5.97 Å². The minimum atomic E-state index is -1.21. The van der Waals surface area contributed by atoms with Gasteiger partial charge in [-0.25, -0.2) is 4.79 Å². The summed E-state index contributed by atoms with van der Waals surface area (Å²) in [4.78, 5) is 14.5. The molecule has 0 bridgehead atoms. The molecule has 0 aliphatic rings. The topological polar surface area (TPSA) is 94.0 Å². The van der Waals surface area contributed by atoms with Gasteiger partial charge < -0.3 is 9.63 Å². The van der Waals surface area contributed by atoms with Gasteiger partial charge >= 0.3 is 5.97 Å². The van der Waals surface area contributed by atoms with Gasteiger partial charge in [0.05, 0.1) is 5.69 Å². The molecule has 0 radical (unpaired) electrons. The van der Waals surface area contributed by atoms with Crippen LogP contribution in [0.3, 0.4) is 0 Å². The van der Waals surface area contributed by atoms with E-state index in [4.69, 9.17) is 9.63 Å². The van der Waals surface area contributed by atoms with Crippen molar-refractivity contribution < 1.29 is 14.4 Å². The Hall–Kier alpha value is -2.18. The summed E-state index contributed by atoms with van der Waals surface area (Å²) >= 11 is 0. The molecule has 2 aromatic heterocycles. The minimum Gasteiger partial charge on any atom is -0.475 e. The Labute approximate surface area is 97.1 Å². The number of hydrogen-bond donors (Lipinski definition) is 1. The van der Waals surface area contributed by atoms with Crippen LogP contribution < -0.4 is 0 Å². The highest BCUT2D eigenvalue weighted by molar-refractivity contribution is 5.83. The standard InChI is InChI=1S/C10H12N4O3/c1-3-6-5-7(14(4-2)12-6)9-11-8(10(15)16)13-17-9/h5H,3-4H2,1-2H3,(H,15,16). The normalized spacial score (nSPS) is 10.7. The molecule has 0 unspecified atom stereocenters. The molecule has 7 heteroatoms. The molecule has 2 rings (SSSR count). The second kappa shape index (κ2) is 4.36. The van der Waals surface area contributed by atoms with Crippen molar-refractivity contribution in [2.24, 2.45) is 0 Å². The predicted octanol–water partition coefficient (Wildman–Crippen LogP) is 1.21. The Kier molecular flexibility index (Phi) is 2.90. The number of aryl methyl sites for hydroxylation is 2. The highest BCUT2D eigenvalue weighted by Crippen LogP contribution is 2.19. The lowest BCUT2D eigenvalue weighted by atomic mass is 10.3. The average Bonchev–Trinajstić information content (AvgIpc) is 2.94. The van der Waals surface area contributed by atoms with Crippen LogP contribution in [-0.4, -0.2) is 31.0 Å². The third kappa shape index (κ3) is 2.03. The number of carbonyl (C=O) groups is 1. The predicted molar refractivity (Wildman–Crippen MR) is 57.5 cm³/mol. The van der Waals surface area contributed by atoms with Crippen LogP contribution in [0, 0.1) is 0 Å². The van der Waals surface area contributed by atoms with E-state index >= 15 is 0 Å².